The second-order valence-corrected chi connectivity index (χ2v) is 3.56. The van der Waals surface area contributed by atoms with E-state index in [4.69, 9.17) is 0 Å². The predicted octanol–water partition coefficient (Wildman–Crippen LogP) is 1.69. The van der Waals surface area contributed by atoms with Crippen molar-refractivity contribution in [1.82, 2.24) is 5.43 Å². The molecule has 4 heteroatoms. The first-order valence-electron chi connectivity index (χ1n) is 4.84. The molecule has 1 aromatic rings. The summed E-state index contributed by atoms with van der Waals surface area (Å²) in [6.45, 7) is 0. The second-order valence-electron chi connectivity index (χ2n) is 3.56. The molecule has 1 aliphatic carbocycles. The predicted molar refractivity (Wildman–Crippen MR) is 54.9 cm³/mol. The van der Waals surface area contributed by atoms with Gasteiger partial charge in [-0.15, -0.1) is 0 Å². The fraction of sp³-hybridized carbons (Fsp3) is 0.273. The van der Waals surface area contributed by atoms with Gasteiger partial charge >= 0.3 is 0 Å². The third-order valence-corrected chi connectivity index (χ3v) is 2.19. The normalized spacial score (nSPS) is 15.5. The van der Waals surface area contributed by atoms with E-state index in [9.17, 15) is 9.18 Å². The lowest BCUT2D eigenvalue weighted by molar-refractivity contribution is -0.122. The number of halogens is 1. The molecule has 2 rings (SSSR count). The molecule has 1 amide bonds. The number of rotatable bonds is 3. The maximum atomic E-state index is 12.7. The Morgan fingerprint density at radius 1 is 1.53 bits per heavy atom. The lowest BCUT2D eigenvalue weighted by Crippen LogP contribution is -2.18. The van der Waals surface area contributed by atoms with Gasteiger partial charge in [0.1, 0.15) is 5.82 Å². The van der Waals surface area contributed by atoms with Crippen molar-refractivity contribution in [3.05, 3.63) is 35.6 Å². The number of nitrogens with zero attached hydrogens (tertiary/aromatic N) is 1. The van der Waals surface area contributed by atoms with Crippen LogP contribution in [0.3, 0.4) is 0 Å². The number of amides is 1. The van der Waals surface area contributed by atoms with Gasteiger partial charge in [-0.05, 0) is 30.5 Å². The Balaban J connectivity index is 1.90. The Bertz CT molecular complexity index is 399. The molecule has 78 valence electrons. The van der Waals surface area contributed by atoms with E-state index < -0.39 is 0 Å². The number of hydrogen-bond donors (Lipinski definition) is 1. The number of nitrogens with one attached hydrogen (secondary N) is 1. The van der Waals surface area contributed by atoms with E-state index in [1.165, 1.54) is 18.3 Å². The summed E-state index contributed by atoms with van der Waals surface area (Å²) in [5.74, 6) is -0.232. The van der Waals surface area contributed by atoms with Gasteiger partial charge in [0.25, 0.3) is 0 Å². The second kappa shape index (κ2) is 4.21. The lowest BCUT2D eigenvalue weighted by Gasteiger charge is -1.95. The summed E-state index contributed by atoms with van der Waals surface area (Å²) in [4.78, 5) is 11.2. The van der Waals surface area contributed by atoms with Crippen LogP contribution in [0.25, 0.3) is 0 Å². The van der Waals surface area contributed by atoms with Crippen molar-refractivity contribution in [2.24, 2.45) is 11.0 Å². The zero-order chi connectivity index (χ0) is 10.7. The van der Waals surface area contributed by atoms with Gasteiger partial charge in [0.05, 0.1) is 6.21 Å². The zero-order valence-electron chi connectivity index (χ0n) is 8.11. The molecule has 1 aliphatic rings. The van der Waals surface area contributed by atoms with Gasteiger partial charge in [-0.25, -0.2) is 9.82 Å². The average Bonchev–Trinajstić information content (AvgIpc) is 3.00. The van der Waals surface area contributed by atoms with E-state index >= 15 is 0 Å². The van der Waals surface area contributed by atoms with Crippen LogP contribution in [0.5, 0.6) is 0 Å². The molecule has 0 spiro atoms. The Kier molecular flexibility index (Phi) is 2.76. The minimum absolute atomic E-state index is 0.0531. The highest BCUT2D eigenvalue weighted by molar-refractivity contribution is 5.84. The molecule has 0 aromatic heterocycles. The van der Waals surface area contributed by atoms with Crippen LogP contribution in [-0.2, 0) is 4.79 Å². The van der Waals surface area contributed by atoms with E-state index in [0.717, 1.165) is 12.8 Å². The van der Waals surface area contributed by atoms with Crippen molar-refractivity contribution < 1.29 is 9.18 Å². The monoisotopic (exact) mass is 206 g/mol. The van der Waals surface area contributed by atoms with E-state index in [1.807, 2.05) is 0 Å². The first kappa shape index (κ1) is 9.83. The molecule has 0 bridgehead atoms. The third-order valence-electron chi connectivity index (χ3n) is 2.19. The van der Waals surface area contributed by atoms with Crippen LogP contribution in [0.15, 0.2) is 29.4 Å². The summed E-state index contributed by atoms with van der Waals surface area (Å²) in [7, 11) is 0. The quantitative estimate of drug-likeness (QED) is 0.593. The lowest BCUT2D eigenvalue weighted by atomic mass is 10.2. The molecule has 0 heterocycles. The Morgan fingerprint density at radius 2 is 2.33 bits per heavy atom. The molecule has 0 radical (unpaired) electrons. The maximum absolute atomic E-state index is 12.7. The zero-order valence-corrected chi connectivity index (χ0v) is 8.11. The molecular formula is C11H11FN2O. The molecule has 1 saturated carbocycles. The molecule has 0 aliphatic heterocycles. The fourth-order valence-electron chi connectivity index (χ4n) is 1.19. The number of hydrogen-bond acceptors (Lipinski definition) is 2. The van der Waals surface area contributed by atoms with Gasteiger partial charge in [-0.3, -0.25) is 4.79 Å². The maximum Gasteiger partial charge on any atom is 0.243 e. The fourth-order valence-corrected chi connectivity index (χ4v) is 1.19. The summed E-state index contributed by atoms with van der Waals surface area (Å²) >= 11 is 0. The van der Waals surface area contributed by atoms with E-state index in [2.05, 4.69) is 10.5 Å². The number of hydrazone groups is 1. The van der Waals surface area contributed by atoms with Gasteiger partial charge in [0.15, 0.2) is 0 Å². The number of benzene rings is 1. The van der Waals surface area contributed by atoms with Gasteiger partial charge in [0, 0.05) is 5.92 Å². The van der Waals surface area contributed by atoms with Crippen molar-refractivity contribution in [3.8, 4) is 0 Å². The van der Waals surface area contributed by atoms with Gasteiger partial charge < -0.3 is 0 Å². The summed E-state index contributed by atoms with van der Waals surface area (Å²) in [5, 5.41) is 3.75. The Hall–Kier alpha value is -1.71. The van der Waals surface area contributed by atoms with Crippen LogP contribution in [0.2, 0.25) is 0 Å². The standard InChI is InChI=1S/C11H11FN2O/c12-10-3-1-2-8(6-10)7-13-14-11(15)9-4-5-9/h1-3,6-7,9H,4-5H2,(H,14,15)/b13-7+. The van der Waals surface area contributed by atoms with Crippen LogP contribution < -0.4 is 5.43 Å². The van der Waals surface area contributed by atoms with Crippen molar-refractivity contribution in [3.63, 3.8) is 0 Å². The van der Waals surface area contributed by atoms with Crippen LogP contribution >= 0.6 is 0 Å². The molecule has 1 N–H and O–H groups in total. The Labute approximate surface area is 87.0 Å². The minimum atomic E-state index is -0.313. The van der Waals surface area contributed by atoms with Gasteiger partial charge in [-0.1, -0.05) is 12.1 Å². The summed E-state index contributed by atoms with van der Waals surface area (Å²) in [6.07, 6.45) is 3.33. The number of carbonyl (C=O) groups is 1. The average molecular weight is 206 g/mol. The summed E-state index contributed by atoms with van der Waals surface area (Å²) in [5.41, 5.74) is 3.05. The molecule has 3 nitrogen and oxygen atoms in total. The van der Waals surface area contributed by atoms with E-state index in [-0.39, 0.29) is 17.6 Å². The topological polar surface area (TPSA) is 41.5 Å². The largest absolute Gasteiger partial charge is 0.273 e. The van der Waals surface area contributed by atoms with Gasteiger partial charge in [-0.2, -0.15) is 5.10 Å². The number of carbonyl (C=O) groups excluding carboxylic acids is 1. The Morgan fingerprint density at radius 3 is 3.00 bits per heavy atom. The summed E-state index contributed by atoms with van der Waals surface area (Å²) < 4.78 is 12.7. The smallest absolute Gasteiger partial charge is 0.243 e. The van der Waals surface area contributed by atoms with Crippen molar-refractivity contribution in [1.29, 1.82) is 0 Å². The third kappa shape index (κ3) is 2.87. The molecule has 1 fully saturated rings. The van der Waals surface area contributed by atoms with E-state index in [0.29, 0.717) is 5.56 Å². The SMILES string of the molecule is O=C(N/N=C/c1cccc(F)c1)C1CC1. The van der Waals surface area contributed by atoms with Crippen LogP contribution in [0.1, 0.15) is 18.4 Å². The van der Waals surface area contributed by atoms with Crippen molar-refractivity contribution in [2.75, 3.05) is 0 Å². The molecule has 0 unspecified atom stereocenters. The van der Waals surface area contributed by atoms with Crippen LogP contribution in [-0.4, -0.2) is 12.1 Å². The first-order chi connectivity index (χ1) is 7.25. The highest BCUT2D eigenvalue weighted by Crippen LogP contribution is 2.28. The highest BCUT2D eigenvalue weighted by atomic mass is 19.1. The first-order valence-corrected chi connectivity index (χ1v) is 4.84. The summed E-state index contributed by atoms with van der Waals surface area (Å²) in [6, 6.07) is 6.03. The van der Waals surface area contributed by atoms with Crippen molar-refractivity contribution >= 4 is 12.1 Å². The molecule has 15 heavy (non-hydrogen) atoms. The minimum Gasteiger partial charge on any atom is -0.273 e. The van der Waals surface area contributed by atoms with Crippen LogP contribution in [0.4, 0.5) is 4.39 Å². The van der Waals surface area contributed by atoms with Crippen LogP contribution in [0, 0.1) is 11.7 Å². The molecule has 0 saturated heterocycles. The van der Waals surface area contributed by atoms with Gasteiger partial charge in [0.2, 0.25) is 5.91 Å². The molecule has 1 aromatic carbocycles. The molecule has 0 atom stereocenters. The van der Waals surface area contributed by atoms with Crippen molar-refractivity contribution in [2.45, 2.75) is 12.8 Å². The van der Waals surface area contributed by atoms with E-state index in [1.54, 1.807) is 12.1 Å². The highest BCUT2D eigenvalue weighted by Gasteiger charge is 2.29. The molecular weight excluding hydrogens is 195 g/mol.